The van der Waals surface area contributed by atoms with E-state index in [-0.39, 0.29) is 23.7 Å². The summed E-state index contributed by atoms with van der Waals surface area (Å²) in [7, 11) is 1.60. The Morgan fingerprint density at radius 2 is 1.97 bits per heavy atom. The molecule has 2 heterocycles. The summed E-state index contributed by atoms with van der Waals surface area (Å²) in [5.41, 5.74) is 0.912. The van der Waals surface area contributed by atoms with Crippen LogP contribution < -0.4 is 20.1 Å². The summed E-state index contributed by atoms with van der Waals surface area (Å²) >= 11 is 0. The highest BCUT2D eigenvalue weighted by Crippen LogP contribution is 2.55. The van der Waals surface area contributed by atoms with Gasteiger partial charge < -0.3 is 20.1 Å². The first-order valence-electron chi connectivity index (χ1n) is 10.2. The molecule has 2 bridgehead atoms. The molecule has 6 heteroatoms. The number of benzene rings is 2. The number of rotatable bonds is 3. The average Bonchev–Trinajstić information content (AvgIpc) is 2.73. The number of nitrogens with one attached hydrogen (secondary N) is 2. The van der Waals surface area contributed by atoms with E-state index in [1.165, 1.54) is 0 Å². The maximum absolute atomic E-state index is 13.3. The molecule has 0 unspecified atom stereocenters. The first-order valence-corrected chi connectivity index (χ1v) is 10.2. The minimum atomic E-state index is -0.793. The summed E-state index contributed by atoms with van der Waals surface area (Å²) < 4.78 is 11.5. The van der Waals surface area contributed by atoms with Crippen molar-refractivity contribution in [2.24, 2.45) is 11.8 Å². The number of hydrogen-bond donors (Lipinski definition) is 2. The third-order valence-corrected chi connectivity index (χ3v) is 6.53. The molecule has 29 heavy (non-hydrogen) atoms. The Morgan fingerprint density at radius 3 is 2.76 bits per heavy atom. The van der Waals surface area contributed by atoms with Crippen molar-refractivity contribution in [3.63, 3.8) is 0 Å². The first-order chi connectivity index (χ1) is 14.1. The van der Waals surface area contributed by atoms with E-state index in [1.807, 2.05) is 24.3 Å². The van der Waals surface area contributed by atoms with Crippen LogP contribution in [0.3, 0.4) is 0 Å². The Labute approximate surface area is 169 Å². The second kappa shape index (κ2) is 6.79. The number of hydrogen-bond acceptors (Lipinski definition) is 4. The predicted octanol–water partition coefficient (Wildman–Crippen LogP) is 3.44. The van der Waals surface area contributed by atoms with Gasteiger partial charge in [0.2, 0.25) is 11.8 Å². The van der Waals surface area contributed by atoms with Gasteiger partial charge in [0.15, 0.2) is 5.72 Å². The highest BCUT2D eigenvalue weighted by molar-refractivity contribution is 6.08. The van der Waals surface area contributed by atoms with Crippen molar-refractivity contribution in [2.75, 3.05) is 12.4 Å². The molecule has 5 rings (SSSR count). The third-order valence-electron chi connectivity index (χ3n) is 6.53. The van der Waals surface area contributed by atoms with Crippen LogP contribution in [-0.4, -0.2) is 24.6 Å². The zero-order valence-corrected chi connectivity index (χ0v) is 16.3. The van der Waals surface area contributed by atoms with Gasteiger partial charge in [-0.3, -0.25) is 9.59 Å². The number of fused-ring (bicyclic) bond motifs is 2. The third kappa shape index (κ3) is 2.85. The Morgan fingerprint density at radius 1 is 1.17 bits per heavy atom. The van der Waals surface area contributed by atoms with Crippen molar-refractivity contribution in [1.82, 2.24) is 5.32 Å². The highest BCUT2D eigenvalue weighted by atomic mass is 16.5. The van der Waals surface area contributed by atoms with Gasteiger partial charge in [-0.1, -0.05) is 24.6 Å². The SMILES string of the molecule is COc1ccc(NC(=O)[C@H]2C(=O)N[C@@]34CCCC[C@@H]3[C@H]2c2ccccc2O4)cc1. The van der Waals surface area contributed by atoms with E-state index in [1.54, 1.807) is 31.4 Å². The molecular formula is C23H24N2O4. The fourth-order valence-electron chi connectivity index (χ4n) is 5.25. The van der Waals surface area contributed by atoms with Crippen molar-refractivity contribution in [1.29, 1.82) is 0 Å². The van der Waals surface area contributed by atoms with Crippen LogP contribution in [0.5, 0.6) is 11.5 Å². The molecule has 1 saturated carbocycles. The second-order valence-corrected chi connectivity index (χ2v) is 8.09. The maximum Gasteiger partial charge on any atom is 0.237 e. The molecule has 150 valence electrons. The summed E-state index contributed by atoms with van der Waals surface area (Å²) in [5.74, 6) is 0.0601. The van der Waals surface area contributed by atoms with Gasteiger partial charge in [0, 0.05) is 23.9 Å². The largest absolute Gasteiger partial charge is 0.497 e. The number of anilines is 1. The van der Waals surface area contributed by atoms with Crippen molar-refractivity contribution in [3.8, 4) is 11.5 Å². The monoisotopic (exact) mass is 392 g/mol. The van der Waals surface area contributed by atoms with Crippen molar-refractivity contribution >= 4 is 17.5 Å². The number of piperidine rings is 1. The molecule has 1 aliphatic carbocycles. The number of carbonyl (C=O) groups excluding carboxylic acids is 2. The smallest absolute Gasteiger partial charge is 0.237 e. The Bertz CT molecular complexity index is 958. The zero-order chi connectivity index (χ0) is 20.0. The maximum atomic E-state index is 13.3. The molecule has 2 aromatic carbocycles. The van der Waals surface area contributed by atoms with Gasteiger partial charge in [0.25, 0.3) is 0 Å². The summed E-state index contributed by atoms with van der Waals surface area (Å²) in [6, 6.07) is 14.9. The van der Waals surface area contributed by atoms with Crippen molar-refractivity contribution in [2.45, 2.75) is 37.3 Å². The number of para-hydroxylation sites is 1. The van der Waals surface area contributed by atoms with Crippen LogP contribution in [0.2, 0.25) is 0 Å². The number of ether oxygens (including phenoxy) is 2. The topological polar surface area (TPSA) is 76.7 Å². The van der Waals surface area contributed by atoms with Gasteiger partial charge >= 0.3 is 0 Å². The molecule has 0 aromatic heterocycles. The van der Waals surface area contributed by atoms with Crippen LogP contribution in [0.15, 0.2) is 48.5 Å². The molecule has 3 aliphatic rings. The standard InChI is InChI=1S/C23H24N2O4/c1-28-15-11-9-14(10-12-15)24-21(26)20-19-16-6-2-3-8-18(16)29-23(25-22(20)27)13-5-4-7-17(19)23/h2-3,6,8-12,17,19-20H,4-5,7,13H2,1H3,(H,24,26)(H,25,27)/t17-,19-,20+,23-/m1/s1. The van der Waals surface area contributed by atoms with E-state index in [9.17, 15) is 9.59 Å². The highest BCUT2D eigenvalue weighted by Gasteiger charge is 2.60. The molecule has 2 fully saturated rings. The van der Waals surface area contributed by atoms with Crippen LogP contribution in [-0.2, 0) is 9.59 Å². The van der Waals surface area contributed by atoms with Gasteiger partial charge in [-0.05, 0) is 48.7 Å². The van der Waals surface area contributed by atoms with Crippen LogP contribution >= 0.6 is 0 Å². The molecule has 4 atom stereocenters. The predicted molar refractivity (Wildman–Crippen MR) is 108 cm³/mol. The molecule has 6 nitrogen and oxygen atoms in total. The normalized spacial score (nSPS) is 29.6. The lowest BCUT2D eigenvalue weighted by Crippen LogP contribution is -2.69. The van der Waals surface area contributed by atoms with Crippen LogP contribution in [0.25, 0.3) is 0 Å². The Hall–Kier alpha value is -3.02. The minimum absolute atomic E-state index is 0.0930. The van der Waals surface area contributed by atoms with E-state index in [0.717, 1.165) is 37.0 Å². The average molecular weight is 392 g/mol. The molecule has 2 N–H and O–H groups in total. The van der Waals surface area contributed by atoms with E-state index < -0.39 is 11.6 Å². The van der Waals surface area contributed by atoms with Gasteiger partial charge in [-0.25, -0.2) is 0 Å². The second-order valence-electron chi connectivity index (χ2n) is 8.09. The Kier molecular flexibility index (Phi) is 4.23. The quantitative estimate of drug-likeness (QED) is 0.785. The van der Waals surface area contributed by atoms with Gasteiger partial charge in [-0.15, -0.1) is 0 Å². The zero-order valence-electron chi connectivity index (χ0n) is 16.3. The number of carbonyl (C=O) groups is 2. The first kappa shape index (κ1) is 18.0. The molecule has 0 spiro atoms. The summed E-state index contributed by atoms with van der Waals surface area (Å²) in [6.07, 6.45) is 3.80. The molecule has 2 amide bonds. The summed E-state index contributed by atoms with van der Waals surface area (Å²) in [4.78, 5) is 26.4. The van der Waals surface area contributed by atoms with Crippen molar-refractivity contribution in [3.05, 3.63) is 54.1 Å². The van der Waals surface area contributed by atoms with E-state index in [4.69, 9.17) is 9.47 Å². The fraction of sp³-hybridized carbons (Fsp3) is 0.391. The van der Waals surface area contributed by atoms with Crippen LogP contribution in [0.4, 0.5) is 5.69 Å². The summed E-state index contributed by atoms with van der Waals surface area (Å²) in [5, 5.41) is 6.02. The van der Waals surface area contributed by atoms with E-state index >= 15 is 0 Å². The molecule has 2 aliphatic heterocycles. The summed E-state index contributed by atoms with van der Waals surface area (Å²) in [6.45, 7) is 0. The minimum Gasteiger partial charge on any atom is -0.497 e. The molecule has 1 saturated heterocycles. The Balaban J connectivity index is 1.51. The lowest BCUT2D eigenvalue weighted by Gasteiger charge is -2.55. The van der Waals surface area contributed by atoms with E-state index in [0.29, 0.717) is 11.4 Å². The number of amides is 2. The van der Waals surface area contributed by atoms with Gasteiger partial charge in [0.1, 0.15) is 17.4 Å². The lowest BCUT2D eigenvalue weighted by molar-refractivity contribution is -0.160. The van der Waals surface area contributed by atoms with Crippen LogP contribution in [0, 0.1) is 11.8 Å². The van der Waals surface area contributed by atoms with Crippen LogP contribution in [0.1, 0.15) is 37.2 Å². The molecule has 0 radical (unpaired) electrons. The lowest BCUT2D eigenvalue weighted by atomic mass is 9.62. The van der Waals surface area contributed by atoms with Crippen molar-refractivity contribution < 1.29 is 19.1 Å². The van der Waals surface area contributed by atoms with Gasteiger partial charge in [-0.2, -0.15) is 0 Å². The molecule has 2 aromatic rings. The van der Waals surface area contributed by atoms with E-state index in [2.05, 4.69) is 10.6 Å². The van der Waals surface area contributed by atoms with Gasteiger partial charge in [0.05, 0.1) is 7.11 Å². The fourth-order valence-corrected chi connectivity index (χ4v) is 5.25. The molecular weight excluding hydrogens is 368 g/mol. The number of methoxy groups -OCH3 is 1.